The first kappa shape index (κ1) is 21.5. The molecule has 0 aliphatic carbocycles. The van der Waals surface area contributed by atoms with Gasteiger partial charge < -0.3 is 19.1 Å². The minimum atomic E-state index is 0.235. The Hall–Kier alpha value is -3.32. The molecule has 1 aromatic heterocycles. The van der Waals surface area contributed by atoms with Crippen LogP contribution in [0.15, 0.2) is 65.3 Å². The van der Waals surface area contributed by atoms with E-state index in [0.717, 1.165) is 74.1 Å². The van der Waals surface area contributed by atoms with Crippen LogP contribution in [0, 0.1) is 0 Å². The van der Waals surface area contributed by atoms with Crippen molar-refractivity contribution in [2.24, 2.45) is 0 Å². The zero-order valence-electron chi connectivity index (χ0n) is 18.9. The van der Waals surface area contributed by atoms with E-state index < -0.39 is 0 Å². The van der Waals surface area contributed by atoms with E-state index in [1.807, 2.05) is 47.4 Å². The number of para-hydroxylation sites is 3. The van der Waals surface area contributed by atoms with Crippen molar-refractivity contribution in [2.45, 2.75) is 32.4 Å². The Morgan fingerprint density at radius 3 is 2.48 bits per heavy atom. The second-order valence-corrected chi connectivity index (χ2v) is 8.69. The maximum Gasteiger partial charge on any atom is 0.222 e. The molecule has 1 amide bonds. The molecule has 2 saturated heterocycles. The molecule has 0 spiro atoms. The normalized spacial score (nSPS) is 17.4. The maximum absolute atomic E-state index is 12.2. The second kappa shape index (κ2) is 10.1. The number of benzene rings is 2. The molecular weight excluding hydrogens is 416 g/mol. The van der Waals surface area contributed by atoms with Crippen LogP contribution in [0.25, 0.3) is 0 Å². The summed E-state index contributed by atoms with van der Waals surface area (Å²) in [6.07, 6.45) is 4.49. The number of anilines is 1. The van der Waals surface area contributed by atoms with Crippen molar-refractivity contribution in [2.75, 3.05) is 37.6 Å². The van der Waals surface area contributed by atoms with Gasteiger partial charge in [0.2, 0.25) is 5.91 Å². The standard InChI is InChI=1S/C26H30N4O3/c31-26-12-6-7-13-30(26)19-21-18-27-33-25(21)20-28-14-16-29(17-15-28)23-10-4-5-11-24(23)32-22-8-2-1-3-9-22/h1-5,8-11,18H,6-7,12-17,19-20H2. The van der Waals surface area contributed by atoms with E-state index in [9.17, 15) is 4.79 Å². The third kappa shape index (κ3) is 5.20. The zero-order valence-corrected chi connectivity index (χ0v) is 18.9. The fraction of sp³-hybridized carbons (Fsp3) is 0.385. The summed E-state index contributed by atoms with van der Waals surface area (Å²) in [6.45, 7) is 5.79. The van der Waals surface area contributed by atoms with Gasteiger partial charge in [0.15, 0.2) is 11.5 Å². The van der Waals surface area contributed by atoms with Crippen molar-refractivity contribution in [1.82, 2.24) is 15.0 Å². The monoisotopic (exact) mass is 446 g/mol. The van der Waals surface area contributed by atoms with Crippen LogP contribution < -0.4 is 9.64 Å². The third-order valence-corrected chi connectivity index (χ3v) is 6.43. The number of likely N-dealkylation sites (tertiary alicyclic amines) is 1. The molecule has 33 heavy (non-hydrogen) atoms. The van der Waals surface area contributed by atoms with Gasteiger partial charge in [0.05, 0.1) is 25.0 Å². The van der Waals surface area contributed by atoms with Crippen LogP contribution in [-0.4, -0.2) is 53.6 Å². The van der Waals surface area contributed by atoms with Gasteiger partial charge in [-0.3, -0.25) is 9.69 Å². The first-order chi connectivity index (χ1) is 16.3. The van der Waals surface area contributed by atoms with Crippen LogP contribution in [0.4, 0.5) is 5.69 Å². The van der Waals surface area contributed by atoms with Crippen molar-refractivity contribution in [3.63, 3.8) is 0 Å². The number of carbonyl (C=O) groups excluding carboxylic acids is 1. The number of piperazine rings is 1. The molecule has 2 fully saturated rings. The van der Waals surface area contributed by atoms with Gasteiger partial charge in [-0.15, -0.1) is 0 Å². The maximum atomic E-state index is 12.2. The Balaban J connectivity index is 1.19. The quantitative estimate of drug-likeness (QED) is 0.539. The average Bonchev–Trinajstić information content (AvgIpc) is 3.28. The number of amides is 1. The summed E-state index contributed by atoms with van der Waals surface area (Å²) in [4.78, 5) is 18.9. The van der Waals surface area contributed by atoms with E-state index in [1.165, 1.54) is 0 Å². The topological polar surface area (TPSA) is 62.1 Å². The van der Waals surface area contributed by atoms with Crippen LogP contribution in [0.5, 0.6) is 11.5 Å². The van der Waals surface area contributed by atoms with Gasteiger partial charge in [-0.25, -0.2) is 0 Å². The lowest BCUT2D eigenvalue weighted by molar-refractivity contribution is -0.133. The summed E-state index contributed by atoms with van der Waals surface area (Å²) in [7, 11) is 0. The molecule has 0 unspecified atom stereocenters. The molecule has 0 atom stereocenters. The largest absolute Gasteiger partial charge is 0.455 e. The number of hydrogen-bond acceptors (Lipinski definition) is 6. The fourth-order valence-electron chi connectivity index (χ4n) is 4.55. The number of rotatable bonds is 7. The second-order valence-electron chi connectivity index (χ2n) is 8.69. The molecule has 0 N–H and O–H groups in total. The summed E-state index contributed by atoms with van der Waals surface area (Å²) in [5.74, 6) is 2.82. The summed E-state index contributed by atoms with van der Waals surface area (Å²) in [5.41, 5.74) is 2.14. The number of piperidine rings is 1. The van der Waals surface area contributed by atoms with Gasteiger partial charge in [0.1, 0.15) is 5.75 Å². The molecule has 0 bridgehead atoms. The third-order valence-electron chi connectivity index (χ3n) is 6.43. The van der Waals surface area contributed by atoms with Crippen molar-refractivity contribution < 1.29 is 14.1 Å². The Labute approximate surface area is 194 Å². The van der Waals surface area contributed by atoms with E-state index in [0.29, 0.717) is 19.5 Å². The lowest BCUT2D eigenvalue weighted by Gasteiger charge is -2.36. The first-order valence-corrected chi connectivity index (χ1v) is 11.8. The van der Waals surface area contributed by atoms with Crippen molar-refractivity contribution in [3.05, 3.63) is 72.1 Å². The molecule has 172 valence electrons. The highest BCUT2D eigenvalue weighted by Crippen LogP contribution is 2.33. The Morgan fingerprint density at radius 1 is 0.879 bits per heavy atom. The summed E-state index contributed by atoms with van der Waals surface area (Å²) in [6, 6.07) is 18.1. The van der Waals surface area contributed by atoms with Crippen molar-refractivity contribution >= 4 is 11.6 Å². The number of carbonyl (C=O) groups is 1. The molecule has 0 saturated carbocycles. The van der Waals surface area contributed by atoms with E-state index in [1.54, 1.807) is 6.20 Å². The van der Waals surface area contributed by atoms with Gasteiger partial charge in [0.25, 0.3) is 0 Å². The highest BCUT2D eigenvalue weighted by Gasteiger charge is 2.24. The lowest BCUT2D eigenvalue weighted by atomic mass is 10.1. The summed E-state index contributed by atoms with van der Waals surface area (Å²) in [5, 5.41) is 4.03. The van der Waals surface area contributed by atoms with Gasteiger partial charge in [-0.2, -0.15) is 0 Å². The highest BCUT2D eigenvalue weighted by atomic mass is 16.5. The Morgan fingerprint density at radius 2 is 1.67 bits per heavy atom. The van der Waals surface area contributed by atoms with E-state index in [-0.39, 0.29) is 5.91 Å². The molecule has 7 heteroatoms. The smallest absolute Gasteiger partial charge is 0.222 e. The zero-order chi connectivity index (χ0) is 22.5. The Bertz CT molecular complexity index is 1060. The van der Waals surface area contributed by atoms with Gasteiger partial charge in [-0.1, -0.05) is 35.5 Å². The summed E-state index contributed by atoms with van der Waals surface area (Å²) < 4.78 is 11.7. The molecule has 3 aromatic rings. The molecule has 5 rings (SSSR count). The van der Waals surface area contributed by atoms with E-state index in [4.69, 9.17) is 9.26 Å². The minimum Gasteiger partial charge on any atom is -0.455 e. The molecule has 2 aromatic carbocycles. The van der Waals surface area contributed by atoms with Crippen LogP contribution in [0.3, 0.4) is 0 Å². The SMILES string of the molecule is O=C1CCCCN1Cc1cnoc1CN1CCN(c2ccccc2Oc2ccccc2)CC1. The van der Waals surface area contributed by atoms with Crippen molar-refractivity contribution in [1.29, 1.82) is 0 Å². The lowest BCUT2D eigenvalue weighted by Crippen LogP contribution is -2.46. The first-order valence-electron chi connectivity index (χ1n) is 11.8. The molecule has 7 nitrogen and oxygen atoms in total. The van der Waals surface area contributed by atoms with Gasteiger partial charge in [-0.05, 0) is 37.1 Å². The number of hydrogen-bond donors (Lipinski definition) is 0. The molecular formula is C26H30N4O3. The predicted molar refractivity (Wildman–Crippen MR) is 126 cm³/mol. The molecule has 2 aliphatic rings. The van der Waals surface area contributed by atoms with Gasteiger partial charge >= 0.3 is 0 Å². The molecule has 0 radical (unpaired) electrons. The van der Waals surface area contributed by atoms with Crippen molar-refractivity contribution in [3.8, 4) is 11.5 Å². The highest BCUT2D eigenvalue weighted by molar-refractivity contribution is 5.76. The van der Waals surface area contributed by atoms with Crippen LogP contribution >= 0.6 is 0 Å². The summed E-state index contributed by atoms with van der Waals surface area (Å²) >= 11 is 0. The number of nitrogens with zero attached hydrogens (tertiary/aromatic N) is 4. The Kier molecular flexibility index (Phi) is 6.58. The number of aromatic nitrogens is 1. The van der Waals surface area contributed by atoms with Crippen LogP contribution in [0.2, 0.25) is 0 Å². The molecule has 3 heterocycles. The predicted octanol–water partition coefficient (Wildman–Crippen LogP) is 4.30. The number of ether oxygens (including phenoxy) is 1. The van der Waals surface area contributed by atoms with E-state index >= 15 is 0 Å². The average molecular weight is 447 g/mol. The van der Waals surface area contributed by atoms with Crippen LogP contribution in [-0.2, 0) is 17.9 Å². The minimum absolute atomic E-state index is 0.235. The fourth-order valence-corrected chi connectivity index (χ4v) is 4.55. The van der Waals surface area contributed by atoms with E-state index in [2.05, 4.69) is 27.1 Å². The molecule has 2 aliphatic heterocycles. The van der Waals surface area contributed by atoms with Gasteiger partial charge in [0, 0.05) is 44.7 Å². The van der Waals surface area contributed by atoms with Crippen LogP contribution in [0.1, 0.15) is 30.6 Å².